The Balaban J connectivity index is 3.08. The van der Waals surface area contributed by atoms with E-state index < -0.39 is 0 Å². The van der Waals surface area contributed by atoms with E-state index in [1.165, 1.54) is 122 Å². The summed E-state index contributed by atoms with van der Waals surface area (Å²) in [5.74, 6) is 0. The van der Waals surface area contributed by atoms with Gasteiger partial charge in [-0.1, -0.05) is 123 Å². The van der Waals surface area contributed by atoms with Crippen LogP contribution in [0.25, 0.3) is 0 Å². The third-order valence-electron chi connectivity index (χ3n) is 5.03. The van der Waals surface area contributed by atoms with Gasteiger partial charge in [-0.15, -0.1) is 0 Å². The molecule has 0 nitrogen and oxygen atoms in total. The molecule has 1 atom stereocenters. The Morgan fingerprint density at radius 3 is 1.00 bits per heavy atom. The molecule has 0 saturated carbocycles. The van der Waals surface area contributed by atoms with E-state index in [9.17, 15) is 0 Å². The fraction of sp³-hybridized carbons (Fsp3) is 1.00. The van der Waals surface area contributed by atoms with Crippen LogP contribution in [0.3, 0.4) is 0 Å². The predicted octanol–water partition coefficient (Wildman–Crippen LogP) is 8.74. The van der Waals surface area contributed by atoms with Gasteiger partial charge in [0.25, 0.3) is 0 Å². The van der Waals surface area contributed by atoms with E-state index in [-0.39, 0.29) is 0 Å². The summed E-state index contributed by atoms with van der Waals surface area (Å²) in [5, 5.41) is 0.666. The van der Waals surface area contributed by atoms with Gasteiger partial charge in [-0.2, -0.15) is 12.6 Å². The van der Waals surface area contributed by atoms with Crippen molar-refractivity contribution in [1.29, 1.82) is 0 Å². The largest absolute Gasteiger partial charge is 0.176 e. The van der Waals surface area contributed by atoms with Gasteiger partial charge in [0.1, 0.15) is 0 Å². The van der Waals surface area contributed by atoms with E-state index in [1.807, 2.05) is 0 Å². The van der Waals surface area contributed by atoms with E-state index in [2.05, 4.69) is 13.8 Å². The first-order chi connectivity index (χ1) is 11.3. The van der Waals surface area contributed by atoms with Crippen LogP contribution in [0.5, 0.6) is 0 Å². The van der Waals surface area contributed by atoms with Crippen molar-refractivity contribution in [3.05, 3.63) is 0 Å². The third kappa shape index (κ3) is 20.3. The van der Waals surface area contributed by atoms with Crippen LogP contribution < -0.4 is 0 Å². The van der Waals surface area contributed by atoms with E-state index in [4.69, 9.17) is 12.6 Å². The Morgan fingerprint density at radius 2 is 0.696 bits per heavy atom. The summed E-state index contributed by atoms with van der Waals surface area (Å²) in [5.41, 5.74) is 0. The minimum Gasteiger partial charge on any atom is -0.176 e. The van der Waals surface area contributed by atoms with Crippen LogP contribution in [0, 0.1) is 0 Å². The standard InChI is InChI=1S/C22H46S/c1-3-5-7-9-10-11-12-13-14-15-17-19-21-22(23)20-18-16-8-6-4-2/h22-23H,3-21H2,1-2H3. The minimum atomic E-state index is 0.666. The Hall–Kier alpha value is 0.350. The normalized spacial score (nSPS) is 12.7. The molecule has 0 aliphatic carbocycles. The van der Waals surface area contributed by atoms with Crippen molar-refractivity contribution < 1.29 is 0 Å². The average molecular weight is 343 g/mol. The summed E-state index contributed by atoms with van der Waals surface area (Å²) in [6.07, 6.45) is 27.0. The Morgan fingerprint density at radius 1 is 0.435 bits per heavy atom. The van der Waals surface area contributed by atoms with Crippen molar-refractivity contribution in [3.63, 3.8) is 0 Å². The number of hydrogen-bond donors (Lipinski definition) is 1. The summed E-state index contributed by atoms with van der Waals surface area (Å²) in [6.45, 7) is 4.58. The molecule has 0 N–H and O–H groups in total. The molecule has 0 aliphatic rings. The van der Waals surface area contributed by atoms with Crippen molar-refractivity contribution in [1.82, 2.24) is 0 Å². The van der Waals surface area contributed by atoms with Crippen LogP contribution in [0.1, 0.15) is 136 Å². The van der Waals surface area contributed by atoms with Crippen LogP contribution in [0.4, 0.5) is 0 Å². The summed E-state index contributed by atoms with van der Waals surface area (Å²) in [4.78, 5) is 0. The molecule has 0 saturated heterocycles. The molecule has 0 heterocycles. The summed E-state index contributed by atoms with van der Waals surface area (Å²) in [7, 11) is 0. The molecule has 0 aromatic heterocycles. The zero-order valence-electron chi connectivity index (χ0n) is 16.5. The van der Waals surface area contributed by atoms with Gasteiger partial charge in [0.15, 0.2) is 0 Å². The number of rotatable bonds is 19. The SMILES string of the molecule is CCCCCCCCCCCCCCC(S)CCCCCCC. The van der Waals surface area contributed by atoms with Gasteiger partial charge in [-0.05, 0) is 12.8 Å². The second-order valence-corrected chi connectivity index (χ2v) is 8.26. The lowest BCUT2D eigenvalue weighted by atomic mass is 10.0. The second-order valence-electron chi connectivity index (χ2n) is 7.53. The van der Waals surface area contributed by atoms with Gasteiger partial charge >= 0.3 is 0 Å². The van der Waals surface area contributed by atoms with Gasteiger partial charge in [0.05, 0.1) is 0 Å². The van der Waals surface area contributed by atoms with Crippen molar-refractivity contribution in [2.24, 2.45) is 0 Å². The maximum absolute atomic E-state index is 4.76. The maximum atomic E-state index is 4.76. The van der Waals surface area contributed by atoms with Crippen molar-refractivity contribution in [2.45, 2.75) is 141 Å². The fourth-order valence-electron chi connectivity index (χ4n) is 3.35. The van der Waals surface area contributed by atoms with E-state index >= 15 is 0 Å². The molecule has 1 heteroatoms. The monoisotopic (exact) mass is 342 g/mol. The molecule has 0 fully saturated rings. The highest BCUT2D eigenvalue weighted by Crippen LogP contribution is 2.18. The van der Waals surface area contributed by atoms with E-state index in [1.54, 1.807) is 0 Å². The van der Waals surface area contributed by atoms with Crippen LogP contribution in [-0.4, -0.2) is 5.25 Å². The lowest BCUT2D eigenvalue weighted by Crippen LogP contribution is -1.98. The van der Waals surface area contributed by atoms with E-state index in [0.717, 1.165) is 0 Å². The molecule has 0 aliphatic heterocycles. The molecule has 0 amide bonds. The zero-order chi connectivity index (χ0) is 17.0. The van der Waals surface area contributed by atoms with Gasteiger partial charge in [0, 0.05) is 5.25 Å². The highest BCUT2D eigenvalue weighted by molar-refractivity contribution is 7.80. The number of unbranched alkanes of at least 4 members (excludes halogenated alkanes) is 15. The molecule has 0 aromatic carbocycles. The maximum Gasteiger partial charge on any atom is 0.00168 e. The Bertz CT molecular complexity index is 202. The second kappa shape index (κ2) is 20.4. The predicted molar refractivity (Wildman–Crippen MR) is 112 cm³/mol. The average Bonchev–Trinajstić information content (AvgIpc) is 2.55. The smallest absolute Gasteiger partial charge is 0.00168 e. The molecule has 23 heavy (non-hydrogen) atoms. The van der Waals surface area contributed by atoms with Crippen molar-refractivity contribution in [3.8, 4) is 0 Å². The highest BCUT2D eigenvalue weighted by atomic mass is 32.1. The van der Waals surface area contributed by atoms with Gasteiger partial charge in [-0.3, -0.25) is 0 Å². The Kier molecular flexibility index (Phi) is 20.7. The van der Waals surface area contributed by atoms with E-state index in [0.29, 0.717) is 5.25 Å². The number of hydrogen-bond acceptors (Lipinski definition) is 1. The first kappa shape index (κ1) is 23.4. The molecule has 140 valence electrons. The molecule has 0 bridgehead atoms. The topological polar surface area (TPSA) is 0 Å². The molecule has 0 spiro atoms. The quantitative estimate of drug-likeness (QED) is 0.176. The van der Waals surface area contributed by atoms with Crippen LogP contribution in [-0.2, 0) is 0 Å². The summed E-state index contributed by atoms with van der Waals surface area (Å²) < 4.78 is 0. The molecular weight excluding hydrogens is 296 g/mol. The minimum absolute atomic E-state index is 0.666. The van der Waals surface area contributed by atoms with Gasteiger partial charge < -0.3 is 0 Å². The van der Waals surface area contributed by atoms with Gasteiger partial charge in [0.2, 0.25) is 0 Å². The van der Waals surface area contributed by atoms with Crippen LogP contribution in [0.2, 0.25) is 0 Å². The number of thiol groups is 1. The molecule has 0 rings (SSSR count). The van der Waals surface area contributed by atoms with Crippen molar-refractivity contribution in [2.75, 3.05) is 0 Å². The first-order valence-electron chi connectivity index (χ1n) is 11.0. The summed E-state index contributed by atoms with van der Waals surface area (Å²) >= 11 is 4.76. The van der Waals surface area contributed by atoms with Gasteiger partial charge in [-0.25, -0.2) is 0 Å². The summed E-state index contributed by atoms with van der Waals surface area (Å²) in [6, 6.07) is 0. The van der Waals surface area contributed by atoms with Crippen LogP contribution >= 0.6 is 12.6 Å². The Labute approximate surface area is 154 Å². The molecular formula is C22H46S. The molecule has 1 unspecified atom stereocenters. The third-order valence-corrected chi connectivity index (χ3v) is 5.55. The lowest BCUT2D eigenvalue weighted by molar-refractivity contribution is 0.528. The highest BCUT2D eigenvalue weighted by Gasteiger charge is 2.02. The molecule has 0 radical (unpaired) electrons. The lowest BCUT2D eigenvalue weighted by Gasteiger charge is -2.10. The zero-order valence-corrected chi connectivity index (χ0v) is 17.4. The molecule has 0 aromatic rings. The fourth-order valence-corrected chi connectivity index (χ4v) is 3.71. The van der Waals surface area contributed by atoms with Crippen molar-refractivity contribution >= 4 is 12.6 Å². The van der Waals surface area contributed by atoms with Crippen LogP contribution in [0.15, 0.2) is 0 Å². The first-order valence-corrected chi connectivity index (χ1v) is 11.5.